The Morgan fingerprint density at radius 2 is 1.83 bits per heavy atom. The molecule has 156 valence electrons. The normalized spacial score (nSPS) is 11.8. The fraction of sp³-hybridized carbons (Fsp3) is 0.391. The third-order valence-corrected chi connectivity index (χ3v) is 5.42. The highest BCUT2D eigenvalue weighted by atomic mass is 79.9. The van der Waals surface area contributed by atoms with Gasteiger partial charge in [-0.3, -0.25) is 9.59 Å². The van der Waals surface area contributed by atoms with Crippen molar-refractivity contribution in [3.05, 3.63) is 63.6 Å². The number of nitrogens with one attached hydrogen (secondary N) is 1. The number of ether oxygens (including phenoxy) is 1. The Bertz CT molecular complexity index is 867. The molecule has 0 aliphatic rings. The number of amides is 2. The molecule has 0 saturated carbocycles. The van der Waals surface area contributed by atoms with Crippen LogP contribution in [0.25, 0.3) is 0 Å². The Morgan fingerprint density at radius 3 is 2.45 bits per heavy atom. The van der Waals surface area contributed by atoms with E-state index in [2.05, 4.69) is 21.2 Å². The molecule has 1 atom stereocenters. The van der Waals surface area contributed by atoms with Crippen molar-refractivity contribution in [1.29, 1.82) is 0 Å². The number of halogens is 1. The molecule has 29 heavy (non-hydrogen) atoms. The van der Waals surface area contributed by atoms with Crippen LogP contribution in [0.1, 0.15) is 37.5 Å². The van der Waals surface area contributed by atoms with Crippen molar-refractivity contribution in [1.82, 2.24) is 10.2 Å². The molecule has 0 bridgehead atoms. The van der Waals surface area contributed by atoms with Gasteiger partial charge in [-0.25, -0.2) is 0 Å². The molecule has 0 spiro atoms. The van der Waals surface area contributed by atoms with Gasteiger partial charge in [-0.05, 0) is 63.9 Å². The number of nitrogens with zero attached hydrogens (tertiary/aromatic N) is 1. The van der Waals surface area contributed by atoms with Gasteiger partial charge in [-0.15, -0.1) is 0 Å². The molecule has 0 aromatic heterocycles. The Balaban J connectivity index is 2.16. The highest BCUT2D eigenvalue weighted by Crippen LogP contribution is 2.22. The number of hydrogen-bond donors (Lipinski definition) is 1. The van der Waals surface area contributed by atoms with Crippen LogP contribution in [-0.4, -0.2) is 35.4 Å². The summed E-state index contributed by atoms with van der Waals surface area (Å²) in [7, 11) is 0. The van der Waals surface area contributed by atoms with Crippen molar-refractivity contribution in [2.75, 3.05) is 6.61 Å². The zero-order valence-corrected chi connectivity index (χ0v) is 19.2. The van der Waals surface area contributed by atoms with Crippen LogP contribution in [0.2, 0.25) is 0 Å². The van der Waals surface area contributed by atoms with Crippen LogP contribution in [0.4, 0.5) is 0 Å². The molecule has 0 heterocycles. The van der Waals surface area contributed by atoms with Gasteiger partial charge in [0.25, 0.3) is 5.91 Å². The summed E-state index contributed by atoms with van der Waals surface area (Å²) in [4.78, 5) is 27.1. The lowest BCUT2D eigenvalue weighted by Gasteiger charge is -2.29. The summed E-state index contributed by atoms with van der Waals surface area (Å²) < 4.78 is 6.70. The summed E-state index contributed by atoms with van der Waals surface area (Å²) in [5.41, 5.74) is 3.11. The largest absolute Gasteiger partial charge is 0.484 e. The Labute approximate surface area is 181 Å². The second-order valence-corrected chi connectivity index (χ2v) is 8.40. The summed E-state index contributed by atoms with van der Waals surface area (Å²) in [6.45, 7) is 9.72. The second kappa shape index (κ2) is 10.4. The van der Waals surface area contributed by atoms with Crippen LogP contribution in [0.5, 0.6) is 5.75 Å². The molecule has 6 heteroatoms. The minimum absolute atomic E-state index is 0.00265. The Kier molecular flexibility index (Phi) is 8.26. The van der Waals surface area contributed by atoms with Gasteiger partial charge >= 0.3 is 0 Å². The molecule has 2 amide bonds. The van der Waals surface area contributed by atoms with Crippen molar-refractivity contribution in [3.63, 3.8) is 0 Å². The van der Waals surface area contributed by atoms with E-state index in [1.54, 1.807) is 11.8 Å². The van der Waals surface area contributed by atoms with Crippen LogP contribution in [0.15, 0.2) is 46.9 Å². The van der Waals surface area contributed by atoms with Gasteiger partial charge in [0.2, 0.25) is 5.91 Å². The maximum atomic E-state index is 13.0. The molecular weight excluding hydrogens is 432 g/mol. The number of carbonyl (C=O) groups is 2. The van der Waals surface area contributed by atoms with Crippen molar-refractivity contribution < 1.29 is 14.3 Å². The van der Waals surface area contributed by atoms with Crippen LogP contribution in [0, 0.1) is 13.8 Å². The molecule has 0 fully saturated rings. The molecule has 0 unspecified atom stereocenters. The van der Waals surface area contributed by atoms with Crippen molar-refractivity contribution >= 4 is 27.7 Å². The minimum atomic E-state index is -0.610. The van der Waals surface area contributed by atoms with E-state index in [1.165, 1.54) is 0 Å². The van der Waals surface area contributed by atoms with Gasteiger partial charge in [-0.1, -0.05) is 45.8 Å². The topological polar surface area (TPSA) is 58.6 Å². The fourth-order valence-electron chi connectivity index (χ4n) is 2.93. The molecule has 2 aromatic rings. The molecule has 1 N–H and O–H groups in total. The maximum absolute atomic E-state index is 13.0. The van der Waals surface area contributed by atoms with Gasteiger partial charge in [0.1, 0.15) is 11.8 Å². The number of hydrogen-bond acceptors (Lipinski definition) is 3. The van der Waals surface area contributed by atoms with E-state index >= 15 is 0 Å². The maximum Gasteiger partial charge on any atom is 0.261 e. The molecule has 2 aromatic carbocycles. The third kappa shape index (κ3) is 6.89. The van der Waals surface area contributed by atoms with E-state index in [0.29, 0.717) is 12.3 Å². The highest BCUT2D eigenvalue weighted by molar-refractivity contribution is 9.10. The monoisotopic (exact) mass is 460 g/mol. The first-order chi connectivity index (χ1) is 13.7. The average Bonchev–Trinajstić information content (AvgIpc) is 2.65. The first-order valence-electron chi connectivity index (χ1n) is 9.71. The van der Waals surface area contributed by atoms with Gasteiger partial charge < -0.3 is 15.0 Å². The van der Waals surface area contributed by atoms with Crippen LogP contribution in [0.3, 0.4) is 0 Å². The van der Waals surface area contributed by atoms with Crippen molar-refractivity contribution in [2.24, 2.45) is 0 Å². The minimum Gasteiger partial charge on any atom is -0.484 e. The molecule has 2 rings (SSSR count). The number of carbonyl (C=O) groups excluding carboxylic acids is 2. The number of aryl methyl sites for hydroxylation is 2. The molecule has 0 aliphatic carbocycles. The van der Waals surface area contributed by atoms with Crippen molar-refractivity contribution in [3.8, 4) is 5.75 Å². The Morgan fingerprint density at radius 1 is 1.10 bits per heavy atom. The third-order valence-electron chi connectivity index (χ3n) is 4.53. The van der Waals surface area contributed by atoms with Gasteiger partial charge in [0.15, 0.2) is 6.61 Å². The lowest BCUT2D eigenvalue weighted by molar-refractivity contribution is -0.142. The summed E-state index contributed by atoms with van der Waals surface area (Å²) in [5, 5.41) is 2.88. The average molecular weight is 461 g/mol. The number of rotatable bonds is 8. The first-order valence-corrected chi connectivity index (χ1v) is 10.5. The predicted octanol–water partition coefficient (Wildman–Crippen LogP) is 4.39. The quantitative estimate of drug-likeness (QED) is 0.635. The zero-order chi connectivity index (χ0) is 21.6. The molecule has 0 saturated heterocycles. The SMILES string of the molecule is Cc1cccc(CN(C(=O)COc2ccc(Br)c(C)c2)[C@H](C)C(=O)NC(C)C)c1. The van der Waals surface area contributed by atoms with Crippen molar-refractivity contribution in [2.45, 2.75) is 53.2 Å². The molecule has 0 aliphatic heterocycles. The van der Waals surface area contributed by atoms with E-state index in [9.17, 15) is 9.59 Å². The first kappa shape index (κ1) is 22.9. The second-order valence-electron chi connectivity index (χ2n) is 7.55. The molecule has 5 nitrogen and oxygen atoms in total. The molecule has 0 radical (unpaired) electrons. The van der Waals surface area contributed by atoms with E-state index in [4.69, 9.17) is 4.74 Å². The van der Waals surface area contributed by atoms with Gasteiger partial charge in [0.05, 0.1) is 0 Å². The van der Waals surface area contributed by atoms with Gasteiger partial charge in [0, 0.05) is 17.1 Å². The van der Waals surface area contributed by atoms with Crippen LogP contribution < -0.4 is 10.1 Å². The molecular formula is C23H29BrN2O3. The summed E-state index contributed by atoms with van der Waals surface area (Å²) in [6.07, 6.45) is 0. The van der Waals surface area contributed by atoms with E-state index in [1.807, 2.05) is 70.2 Å². The van der Waals surface area contributed by atoms with E-state index in [-0.39, 0.29) is 24.5 Å². The smallest absolute Gasteiger partial charge is 0.261 e. The van der Waals surface area contributed by atoms with E-state index < -0.39 is 6.04 Å². The summed E-state index contributed by atoms with van der Waals surface area (Å²) in [5.74, 6) is 0.202. The summed E-state index contributed by atoms with van der Waals surface area (Å²) >= 11 is 3.45. The van der Waals surface area contributed by atoms with Crippen LogP contribution >= 0.6 is 15.9 Å². The lowest BCUT2D eigenvalue weighted by Crippen LogP contribution is -2.50. The van der Waals surface area contributed by atoms with E-state index in [0.717, 1.165) is 21.2 Å². The van der Waals surface area contributed by atoms with Gasteiger partial charge in [-0.2, -0.15) is 0 Å². The lowest BCUT2D eigenvalue weighted by atomic mass is 10.1. The standard InChI is InChI=1S/C23H29BrN2O3/c1-15(2)25-23(28)18(5)26(13-19-8-6-7-16(3)11-19)22(27)14-29-20-9-10-21(24)17(4)12-20/h6-12,15,18H,13-14H2,1-5H3,(H,25,28)/t18-/m1/s1. The fourth-order valence-corrected chi connectivity index (χ4v) is 3.18. The highest BCUT2D eigenvalue weighted by Gasteiger charge is 2.27. The predicted molar refractivity (Wildman–Crippen MR) is 119 cm³/mol. The van der Waals surface area contributed by atoms with Crippen LogP contribution in [-0.2, 0) is 16.1 Å². The number of benzene rings is 2. The zero-order valence-electron chi connectivity index (χ0n) is 17.7. The summed E-state index contributed by atoms with van der Waals surface area (Å²) in [6, 6.07) is 12.9. The Hall–Kier alpha value is -2.34.